The molecule has 0 aliphatic rings. The number of hydrogen-bond donors (Lipinski definition) is 1. The summed E-state index contributed by atoms with van der Waals surface area (Å²) in [6.45, 7) is 0. The van der Waals surface area contributed by atoms with Crippen LogP contribution in [0.25, 0.3) is 22.1 Å². The maximum Gasteiger partial charge on any atom is 0.419 e. The molecule has 2 heterocycles. The van der Waals surface area contributed by atoms with Gasteiger partial charge in [-0.15, -0.1) is 0 Å². The van der Waals surface area contributed by atoms with E-state index in [1.165, 1.54) is 4.57 Å². The molecule has 7 heteroatoms. The molecule has 0 aliphatic carbocycles. The minimum Gasteiger partial charge on any atom is -0.408 e. The van der Waals surface area contributed by atoms with Gasteiger partial charge in [-0.05, 0) is 30.3 Å². The molecule has 0 saturated carbocycles. The van der Waals surface area contributed by atoms with Crippen LogP contribution in [0, 0.1) is 0 Å². The molecule has 7 nitrogen and oxygen atoms in total. The molecule has 0 fully saturated rings. The number of benzene rings is 2. The van der Waals surface area contributed by atoms with E-state index in [1.807, 2.05) is 30.3 Å². The molecule has 0 aliphatic heterocycles. The van der Waals surface area contributed by atoms with Crippen molar-refractivity contribution in [3.8, 4) is 0 Å². The topological polar surface area (TPSA) is 74.1 Å². The Bertz CT molecular complexity index is 1210. The molecular formula is C17H16N4O3. The van der Waals surface area contributed by atoms with Gasteiger partial charge in [0.25, 0.3) is 0 Å². The van der Waals surface area contributed by atoms with Crippen LogP contribution < -0.4 is 16.8 Å². The lowest BCUT2D eigenvalue weighted by molar-refractivity contribution is 0.528. The molecule has 0 spiro atoms. The van der Waals surface area contributed by atoms with Gasteiger partial charge >= 0.3 is 11.4 Å². The van der Waals surface area contributed by atoms with Gasteiger partial charge in [0.1, 0.15) is 0 Å². The molecule has 4 rings (SSSR count). The molecule has 0 atom stereocenters. The van der Waals surface area contributed by atoms with Gasteiger partial charge in [-0.3, -0.25) is 13.7 Å². The Balaban J connectivity index is 1.77. The van der Waals surface area contributed by atoms with Crippen molar-refractivity contribution in [2.45, 2.75) is 0 Å². The Morgan fingerprint density at radius 1 is 0.792 bits per heavy atom. The SMILES string of the molecule is Cn1c(=O)oc2cc(Nc3ccc4c(c3)n(C)c(=O)n4C)ccc21. The maximum atomic E-state index is 12.0. The van der Waals surface area contributed by atoms with E-state index in [4.69, 9.17) is 4.42 Å². The summed E-state index contributed by atoms with van der Waals surface area (Å²) >= 11 is 0. The van der Waals surface area contributed by atoms with E-state index in [9.17, 15) is 9.59 Å². The van der Waals surface area contributed by atoms with Crippen LogP contribution in [0.5, 0.6) is 0 Å². The van der Waals surface area contributed by atoms with Gasteiger partial charge in [0, 0.05) is 38.6 Å². The summed E-state index contributed by atoms with van der Waals surface area (Å²) in [5, 5.41) is 3.28. The summed E-state index contributed by atoms with van der Waals surface area (Å²) in [5.74, 6) is -0.386. The Hall–Kier alpha value is -3.22. The molecule has 2 aromatic carbocycles. The van der Waals surface area contributed by atoms with E-state index in [-0.39, 0.29) is 11.4 Å². The average molecular weight is 324 g/mol. The minimum atomic E-state index is -0.386. The number of imidazole rings is 1. The van der Waals surface area contributed by atoms with Gasteiger partial charge in [0.2, 0.25) is 0 Å². The second-order valence-electron chi connectivity index (χ2n) is 5.84. The number of rotatable bonds is 2. The van der Waals surface area contributed by atoms with Crippen molar-refractivity contribution in [3.63, 3.8) is 0 Å². The Morgan fingerprint density at radius 2 is 1.42 bits per heavy atom. The fourth-order valence-electron chi connectivity index (χ4n) is 2.96. The van der Waals surface area contributed by atoms with E-state index in [0.717, 1.165) is 27.9 Å². The van der Waals surface area contributed by atoms with Crippen molar-refractivity contribution < 1.29 is 4.42 Å². The van der Waals surface area contributed by atoms with Crippen molar-refractivity contribution in [1.82, 2.24) is 13.7 Å². The first-order valence-corrected chi connectivity index (χ1v) is 7.48. The lowest BCUT2D eigenvalue weighted by Gasteiger charge is -2.07. The highest BCUT2D eigenvalue weighted by Crippen LogP contribution is 2.24. The second-order valence-corrected chi connectivity index (χ2v) is 5.84. The van der Waals surface area contributed by atoms with Gasteiger partial charge in [-0.25, -0.2) is 9.59 Å². The lowest BCUT2D eigenvalue weighted by atomic mass is 10.2. The van der Waals surface area contributed by atoms with Gasteiger partial charge in [0.15, 0.2) is 5.58 Å². The van der Waals surface area contributed by atoms with Gasteiger partial charge < -0.3 is 9.73 Å². The third kappa shape index (κ3) is 1.98. The molecule has 4 aromatic rings. The average Bonchev–Trinajstić information content (AvgIpc) is 2.97. The first kappa shape index (κ1) is 14.4. The summed E-state index contributed by atoms with van der Waals surface area (Å²) in [6, 6.07) is 11.2. The van der Waals surface area contributed by atoms with E-state index in [0.29, 0.717) is 5.58 Å². The fraction of sp³-hybridized carbons (Fsp3) is 0.176. The number of nitrogens with zero attached hydrogens (tertiary/aromatic N) is 3. The summed E-state index contributed by atoms with van der Waals surface area (Å²) in [5.41, 5.74) is 4.58. The molecule has 0 unspecified atom stereocenters. The predicted octanol–water partition coefficient (Wildman–Crippen LogP) is 2.07. The number of nitrogens with one attached hydrogen (secondary N) is 1. The van der Waals surface area contributed by atoms with Gasteiger partial charge in [-0.1, -0.05) is 0 Å². The predicted molar refractivity (Wildman–Crippen MR) is 92.9 cm³/mol. The van der Waals surface area contributed by atoms with E-state index in [2.05, 4.69) is 5.32 Å². The number of anilines is 2. The summed E-state index contributed by atoms with van der Waals surface area (Å²) in [4.78, 5) is 23.6. The van der Waals surface area contributed by atoms with Crippen LogP contribution in [0.4, 0.5) is 11.4 Å². The largest absolute Gasteiger partial charge is 0.419 e. The normalized spacial score (nSPS) is 11.5. The zero-order chi connectivity index (χ0) is 17.0. The number of aromatic nitrogens is 3. The minimum absolute atomic E-state index is 0.0605. The second kappa shape index (κ2) is 4.89. The molecule has 1 N–H and O–H groups in total. The molecular weight excluding hydrogens is 308 g/mol. The quantitative estimate of drug-likeness (QED) is 0.612. The highest BCUT2D eigenvalue weighted by Gasteiger charge is 2.09. The zero-order valence-corrected chi connectivity index (χ0v) is 13.5. The molecule has 0 saturated heterocycles. The van der Waals surface area contributed by atoms with Crippen molar-refractivity contribution in [2.24, 2.45) is 21.1 Å². The first-order chi connectivity index (χ1) is 11.5. The van der Waals surface area contributed by atoms with Crippen molar-refractivity contribution >= 4 is 33.5 Å². The number of fused-ring (bicyclic) bond motifs is 2. The van der Waals surface area contributed by atoms with Crippen molar-refractivity contribution in [2.75, 3.05) is 5.32 Å². The molecule has 24 heavy (non-hydrogen) atoms. The Morgan fingerprint density at radius 3 is 2.17 bits per heavy atom. The van der Waals surface area contributed by atoms with E-state index >= 15 is 0 Å². The summed E-state index contributed by atoms with van der Waals surface area (Å²) in [6.07, 6.45) is 0. The fourth-order valence-corrected chi connectivity index (χ4v) is 2.96. The highest BCUT2D eigenvalue weighted by molar-refractivity contribution is 5.83. The number of hydrogen-bond acceptors (Lipinski definition) is 4. The molecule has 0 bridgehead atoms. The van der Waals surface area contributed by atoms with Crippen LogP contribution in [0.3, 0.4) is 0 Å². The number of oxazole rings is 1. The highest BCUT2D eigenvalue weighted by atomic mass is 16.4. The van der Waals surface area contributed by atoms with Gasteiger partial charge in [0.05, 0.1) is 16.6 Å². The van der Waals surface area contributed by atoms with Crippen LogP contribution in [-0.4, -0.2) is 13.7 Å². The third-order valence-corrected chi connectivity index (χ3v) is 4.35. The van der Waals surface area contributed by atoms with E-state index < -0.39 is 0 Å². The molecule has 0 radical (unpaired) electrons. The first-order valence-electron chi connectivity index (χ1n) is 7.48. The maximum absolute atomic E-state index is 12.0. The van der Waals surface area contributed by atoms with Crippen LogP contribution in [0.1, 0.15) is 0 Å². The van der Waals surface area contributed by atoms with Crippen LogP contribution in [0.2, 0.25) is 0 Å². The van der Waals surface area contributed by atoms with Crippen LogP contribution in [-0.2, 0) is 21.1 Å². The van der Waals surface area contributed by atoms with Crippen molar-refractivity contribution in [1.29, 1.82) is 0 Å². The standard InChI is InChI=1S/C17H16N4O3/c1-19-12-6-4-10(8-14(12)20(2)16(19)22)18-11-5-7-13-15(9-11)24-17(23)21(13)3/h4-9,18H,1-3H3. The third-order valence-electron chi connectivity index (χ3n) is 4.35. The monoisotopic (exact) mass is 324 g/mol. The van der Waals surface area contributed by atoms with Crippen LogP contribution in [0.15, 0.2) is 50.4 Å². The summed E-state index contributed by atoms with van der Waals surface area (Å²) in [7, 11) is 5.17. The Kier molecular flexibility index (Phi) is 2.93. The van der Waals surface area contributed by atoms with Gasteiger partial charge in [-0.2, -0.15) is 0 Å². The zero-order valence-electron chi connectivity index (χ0n) is 13.5. The Labute approximate surface area is 136 Å². The molecule has 0 amide bonds. The lowest BCUT2D eigenvalue weighted by Crippen LogP contribution is -2.19. The molecule has 2 aromatic heterocycles. The van der Waals surface area contributed by atoms with E-state index in [1.54, 1.807) is 36.3 Å². The van der Waals surface area contributed by atoms with Crippen molar-refractivity contribution in [3.05, 3.63) is 57.4 Å². The number of aryl methyl sites for hydroxylation is 3. The molecule has 122 valence electrons. The summed E-state index contributed by atoms with van der Waals surface area (Å²) < 4.78 is 9.89. The smallest absolute Gasteiger partial charge is 0.408 e. The van der Waals surface area contributed by atoms with Crippen LogP contribution >= 0.6 is 0 Å².